The van der Waals surface area contributed by atoms with E-state index in [0.29, 0.717) is 5.41 Å². The first kappa shape index (κ1) is 16.7. The normalized spacial score (nSPS) is 25.1. The first-order valence-electron chi connectivity index (χ1n) is 9.85. The van der Waals surface area contributed by atoms with Gasteiger partial charge in [-0.1, -0.05) is 18.2 Å². The number of likely N-dealkylation sites (tertiary alicyclic amines) is 1. The van der Waals surface area contributed by atoms with E-state index in [-0.39, 0.29) is 0 Å². The van der Waals surface area contributed by atoms with Crippen LogP contribution in [-0.4, -0.2) is 49.3 Å². The van der Waals surface area contributed by atoms with Crippen LogP contribution in [-0.2, 0) is 16.7 Å². The summed E-state index contributed by atoms with van der Waals surface area (Å²) in [5.41, 5.74) is 3.33. The SMILES string of the molecule is c1ccc2c(c1)N(Cc1nccs1)CC21CCN(CC2CCOC2)CC1. The Balaban J connectivity index is 1.31. The number of nitrogens with zero attached hydrogens (tertiary/aromatic N) is 3. The lowest BCUT2D eigenvalue weighted by Gasteiger charge is -2.40. The summed E-state index contributed by atoms with van der Waals surface area (Å²) in [5.74, 6) is 0.751. The summed E-state index contributed by atoms with van der Waals surface area (Å²) in [6.07, 6.45) is 5.70. The lowest BCUT2D eigenvalue weighted by molar-refractivity contribution is 0.131. The van der Waals surface area contributed by atoms with Crippen molar-refractivity contribution in [3.8, 4) is 0 Å². The number of anilines is 1. The molecule has 3 aliphatic rings. The van der Waals surface area contributed by atoms with Crippen molar-refractivity contribution in [2.75, 3.05) is 44.3 Å². The summed E-state index contributed by atoms with van der Waals surface area (Å²) in [6, 6.07) is 9.08. The molecule has 0 aliphatic carbocycles. The van der Waals surface area contributed by atoms with Gasteiger partial charge in [-0.2, -0.15) is 0 Å². The molecule has 5 heteroatoms. The maximum Gasteiger partial charge on any atom is 0.112 e. The number of rotatable bonds is 4. The quantitative estimate of drug-likeness (QED) is 0.824. The molecule has 3 aliphatic heterocycles. The van der Waals surface area contributed by atoms with Crippen molar-refractivity contribution in [2.24, 2.45) is 5.92 Å². The minimum atomic E-state index is 0.330. The maximum absolute atomic E-state index is 5.56. The Morgan fingerprint density at radius 3 is 2.88 bits per heavy atom. The van der Waals surface area contributed by atoms with Gasteiger partial charge in [0.15, 0.2) is 0 Å². The van der Waals surface area contributed by atoms with E-state index in [1.165, 1.54) is 49.6 Å². The molecule has 1 aromatic heterocycles. The monoisotopic (exact) mass is 369 g/mol. The van der Waals surface area contributed by atoms with Gasteiger partial charge in [0, 0.05) is 42.4 Å². The summed E-state index contributed by atoms with van der Waals surface area (Å²) >= 11 is 1.76. The van der Waals surface area contributed by atoms with Crippen molar-refractivity contribution >= 4 is 17.0 Å². The van der Waals surface area contributed by atoms with Crippen molar-refractivity contribution in [1.29, 1.82) is 0 Å². The Labute approximate surface area is 159 Å². The molecule has 4 nitrogen and oxygen atoms in total. The average molecular weight is 370 g/mol. The van der Waals surface area contributed by atoms with Gasteiger partial charge in [0.2, 0.25) is 0 Å². The van der Waals surface area contributed by atoms with Crippen LogP contribution in [0.25, 0.3) is 0 Å². The minimum Gasteiger partial charge on any atom is -0.381 e. The molecule has 5 rings (SSSR count). The number of benzene rings is 1. The van der Waals surface area contributed by atoms with Crippen LogP contribution in [0.4, 0.5) is 5.69 Å². The number of aromatic nitrogens is 1. The van der Waals surface area contributed by atoms with Gasteiger partial charge in [0.05, 0.1) is 13.2 Å². The number of para-hydroxylation sites is 1. The third-order valence-electron chi connectivity index (χ3n) is 6.47. The minimum absolute atomic E-state index is 0.330. The largest absolute Gasteiger partial charge is 0.381 e. The fraction of sp³-hybridized carbons (Fsp3) is 0.571. The molecular formula is C21H27N3OS. The Hall–Kier alpha value is -1.43. The second kappa shape index (κ2) is 6.95. The van der Waals surface area contributed by atoms with E-state index in [2.05, 4.69) is 44.4 Å². The fourth-order valence-electron chi connectivity index (χ4n) is 5.05. The average Bonchev–Trinajstić information content (AvgIpc) is 3.41. The summed E-state index contributed by atoms with van der Waals surface area (Å²) in [5, 5.41) is 3.30. The standard InChI is InChI=1S/C21H27N3OS/c1-2-4-19-18(3-1)21(16-24(19)14-20-22-8-12-26-20)6-9-23(10-7-21)13-17-5-11-25-15-17/h1-4,8,12,17H,5-7,9-11,13-16H2. The topological polar surface area (TPSA) is 28.6 Å². The zero-order chi connectivity index (χ0) is 17.4. The molecule has 0 bridgehead atoms. The van der Waals surface area contributed by atoms with Crippen molar-refractivity contribution < 1.29 is 4.74 Å². The summed E-state index contributed by atoms with van der Waals surface area (Å²) < 4.78 is 5.56. The Morgan fingerprint density at radius 1 is 1.23 bits per heavy atom. The molecule has 1 aromatic carbocycles. The van der Waals surface area contributed by atoms with E-state index in [9.17, 15) is 0 Å². The van der Waals surface area contributed by atoms with E-state index < -0.39 is 0 Å². The highest BCUT2D eigenvalue weighted by Gasteiger charge is 2.44. The highest BCUT2D eigenvalue weighted by molar-refractivity contribution is 7.09. The fourth-order valence-corrected chi connectivity index (χ4v) is 5.68. The van der Waals surface area contributed by atoms with Gasteiger partial charge in [-0.3, -0.25) is 0 Å². The molecular weight excluding hydrogens is 342 g/mol. The molecule has 0 N–H and O–H groups in total. The Bertz CT molecular complexity index is 733. The zero-order valence-corrected chi connectivity index (χ0v) is 16.1. The van der Waals surface area contributed by atoms with Gasteiger partial charge in [0.1, 0.15) is 5.01 Å². The van der Waals surface area contributed by atoms with Gasteiger partial charge >= 0.3 is 0 Å². The van der Waals surface area contributed by atoms with Crippen LogP contribution < -0.4 is 4.90 Å². The van der Waals surface area contributed by atoms with E-state index in [1.54, 1.807) is 16.9 Å². The summed E-state index contributed by atoms with van der Waals surface area (Å²) in [6.45, 7) is 7.67. The Kier molecular flexibility index (Phi) is 4.47. The molecule has 26 heavy (non-hydrogen) atoms. The highest BCUT2D eigenvalue weighted by atomic mass is 32.1. The molecule has 0 radical (unpaired) electrons. The van der Waals surface area contributed by atoms with Crippen LogP contribution in [0, 0.1) is 5.92 Å². The smallest absolute Gasteiger partial charge is 0.112 e. The van der Waals surface area contributed by atoms with Crippen LogP contribution in [0.15, 0.2) is 35.8 Å². The second-order valence-corrected chi connectivity index (χ2v) is 9.09. The number of thiazole rings is 1. The van der Waals surface area contributed by atoms with Gasteiger partial charge in [-0.05, 0) is 49.9 Å². The van der Waals surface area contributed by atoms with Gasteiger partial charge < -0.3 is 14.5 Å². The highest BCUT2D eigenvalue weighted by Crippen LogP contribution is 2.47. The van der Waals surface area contributed by atoms with Crippen molar-refractivity contribution in [3.63, 3.8) is 0 Å². The molecule has 2 fully saturated rings. The molecule has 1 unspecified atom stereocenters. The van der Waals surface area contributed by atoms with Crippen LogP contribution in [0.3, 0.4) is 0 Å². The third-order valence-corrected chi connectivity index (χ3v) is 7.24. The van der Waals surface area contributed by atoms with Crippen LogP contribution in [0.5, 0.6) is 0 Å². The van der Waals surface area contributed by atoms with Crippen molar-refractivity contribution in [3.05, 3.63) is 46.4 Å². The number of piperidine rings is 1. The first-order valence-corrected chi connectivity index (χ1v) is 10.7. The first-order chi connectivity index (χ1) is 12.8. The summed E-state index contributed by atoms with van der Waals surface area (Å²) in [4.78, 5) is 9.75. The van der Waals surface area contributed by atoms with E-state index >= 15 is 0 Å². The van der Waals surface area contributed by atoms with Gasteiger partial charge in [0.25, 0.3) is 0 Å². The second-order valence-electron chi connectivity index (χ2n) is 8.11. The molecule has 1 atom stereocenters. The van der Waals surface area contributed by atoms with Crippen LogP contribution in [0.1, 0.15) is 29.8 Å². The lowest BCUT2D eigenvalue weighted by Crippen LogP contribution is -2.46. The number of hydrogen-bond donors (Lipinski definition) is 0. The molecule has 4 heterocycles. The van der Waals surface area contributed by atoms with E-state index in [0.717, 1.165) is 32.2 Å². The number of ether oxygens (including phenoxy) is 1. The van der Waals surface area contributed by atoms with Crippen LogP contribution in [0.2, 0.25) is 0 Å². The van der Waals surface area contributed by atoms with E-state index in [4.69, 9.17) is 4.74 Å². The Morgan fingerprint density at radius 2 is 2.12 bits per heavy atom. The lowest BCUT2D eigenvalue weighted by atomic mass is 9.74. The molecule has 2 aromatic rings. The van der Waals surface area contributed by atoms with Gasteiger partial charge in [-0.15, -0.1) is 11.3 Å². The number of fused-ring (bicyclic) bond motifs is 2. The molecule has 1 spiro atoms. The number of hydrogen-bond acceptors (Lipinski definition) is 5. The predicted octanol–water partition coefficient (Wildman–Crippen LogP) is 3.53. The maximum atomic E-state index is 5.56. The molecule has 138 valence electrons. The molecule has 0 amide bonds. The van der Waals surface area contributed by atoms with Crippen molar-refractivity contribution in [2.45, 2.75) is 31.2 Å². The van der Waals surface area contributed by atoms with Gasteiger partial charge in [-0.25, -0.2) is 4.98 Å². The molecule has 2 saturated heterocycles. The van der Waals surface area contributed by atoms with Crippen LogP contribution >= 0.6 is 11.3 Å². The zero-order valence-electron chi connectivity index (χ0n) is 15.3. The van der Waals surface area contributed by atoms with Crippen molar-refractivity contribution in [1.82, 2.24) is 9.88 Å². The molecule has 0 saturated carbocycles. The predicted molar refractivity (Wildman–Crippen MR) is 106 cm³/mol. The third kappa shape index (κ3) is 3.06. The summed E-state index contributed by atoms with van der Waals surface area (Å²) in [7, 11) is 0. The van der Waals surface area contributed by atoms with E-state index in [1.807, 2.05) is 6.20 Å².